The number of pyridine rings is 1. The molecule has 0 aromatic carbocycles. The quantitative estimate of drug-likeness (QED) is 0.756. The maximum atomic E-state index is 12.1. The second-order valence-electron chi connectivity index (χ2n) is 6.94. The Kier molecular flexibility index (Phi) is 4.29. The number of H-pyrrole nitrogens is 1. The lowest BCUT2D eigenvalue weighted by Gasteiger charge is -2.21. The maximum absolute atomic E-state index is 12.1. The topological polar surface area (TPSA) is 61.9 Å². The first-order chi connectivity index (χ1) is 12.1. The molecule has 0 bridgehead atoms. The Morgan fingerprint density at radius 3 is 2.84 bits per heavy atom. The molecule has 0 aliphatic heterocycles. The normalized spacial score (nSPS) is 15.6. The van der Waals surface area contributed by atoms with Crippen LogP contribution in [0.4, 0.5) is 0 Å². The lowest BCUT2D eigenvalue weighted by atomic mass is 9.84. The van der Waals surface area contributed by atoms with E-state index in [1.54, 1.807) is 19.0 Å². The van der Waals surface area contributed by atoms with Crippen molar-refractivity contribution in [2.24, 2.45) is 0 Å². The number of amides is 1. The van der Waals surface area contributed by atoms with E-state index < -0.39 is 0 Å². The van der Waals surface area contributed by atoms with E-state index in [4.69, 9.17) is 0 Å². The lowest BCUT2D eigenvalue weighted by molar-refractivity contribution is 0.0827. The summed E-state index contributed by atoms with van der Waals surface area (Å²) in [5.74, 6) is 0.562. The van der Waals surface area contributed by atoms with Gasteiger partial charge >= 0.3 is 0 Å². The molecule has 1 fully saturated rings. The largest absolute Gasteiger partial charge is 0.345 e. The van der Waals surface area contributed by atoms with Gasteiger partial charge in [-0.1, -0.05) is 19.3 Å². The van der Waals surface area contributed by atoms with E-state index in [0.717, 1.165) is 22.3 Å². The van der Waals surface area contributed by atoms with E-state index in [9.17, 15) is 4.79 Å². The van der Waals surface area contributed by atoms with Crippen molar-refractivity contribution in [1.29, 1.82) is 0 Å². The molecule has 1 N–H and O–H groups in total. The zero-order chi connectivity index (χ0) is 17.4. The van der Waals surface area contributed by atoms with Crippen molar-refractivity contribution in [3.05, 3.63) is 34.4 Å². The molecule has 3 aromatic rings. The Hall–Kier alpha value is -2.21. The van der Waals surface area contributed by atoms with Crippen molar-refractivity contribution in [2.75, 3.05) is 14.1 Å². The number of hydrogen-bond donors (Lipinski definition) is 1. The molecule has 0 radical (unpaired) electrons. The maximum Gasteiger partial charge on any atom is 0.282 e. The second kappa shape index (κ2) is 6.59. The van der Waals surface area contributed by atoms with Gasteiger partial charge in [-0.3, -0.25) is 4.79 Å². The molecule has 1 aliphatic rings. The number of aromatic nitrogens is 3. The predicted molar refractivity (Wildman–Crippen MR) is 101 cm³/mol. The number of thiazole rings is 1. The Bertz CT molecular complexity index is 905. The second-order valence-corrected chi connectivity index (χ2v) is 7.80. The van der Waals surface area contributed by atoms with E-state index in [0.29, 0.717) is 10.9 Å². The van der Waals surface area contributed by atoms with Gasteiger partial charge in [-0.25, -0.2) is 9.97 Å². The lowest BCUT2D eigenvalue weighted by Crippen LogP contribution is -2.21. The van der Waals surface area contributed by atoms with E-state index in [2.05, 4.69) is 21.0 Å². The molecule has 6 heteroatoms. The molecule has 3 aromatic heterocycles. The Balaban J connectivity index is 1.71. The summed E-state index contributed by atoms with van der Waals surface area (Å²) in [5, 5.41) is 3.56. The first-order valence-electron chi connectivity index (χ1n) is 8.78. The van der Waals surface area contributed by atoms with Gasteiger partial charge in [0.1, 0.15) is 5.65 Å². The van der Waals surface area contributed by atoms with Gasteiger partial charge in [-0.15, -0.1) is 11.3 Å². The summed E-state index contributed by atoms with van der Waals surface area (Å²) in [5.41, 5.74) is 4.06. The molecule has 0 saturated heterocycles. The van der Waals surface area contributed by atoms with Crippen LogP contribution in [0.1, 0.15) is 53.4 Å². The predicted octanol–water partition coefficient (Wildman–Crippen LogP) is 4.44. The van der Waals surface area contributed by atoms with Crippen LogP contribution in [0.25, 0.3) is 22.3 Å². The molecular formula is C19H22N4OS. The molecule has 0 unspecified atom stereocenters. The van der Waals surface area contributed by atoms with Gasteiger partial charge < -0.3 is 9.88 Å². The van der Waals surface area contributed by atoms with Crippen molar-refractivity contribution in [1.82, 2.24) is 19.9 Å². The molecule has 1 saturated carbocycles. The Morgan fingerprint density at radius 2 is 2.08 bits per heavy atom. The highest BCUT2D eigenvalue weighted by molar-refractivity contribution is 7.12. The molecule has 0 atom stereocenters. The Labute approximate surface area is 151 Å². The van der Waals surface area contributed by atoms with Gasteiger partial charge in [0.15, 0.2) is 5.01 Å². The number of aromatic amines is 1. The van der Waals surface area contributed by atoms with Crippen molar-refractivity contribution in [2.45, 2.75) is 38.0 Å². The first-order valence-corrected chi connectivity index (χ1v) is 9.66. The minimum Gasteiger partial charge on any atom is -0.345 e. The zero-order valence-electron chi connectivity index (χ0n) is 14.6. The summed E-state index contributed by atoms with van der Waals surface area (Å²) >= 11 is 1.39. The molecule has 1 aliphatic carbocycles. The number of hydrogen-bond acceptors (Lipinski definition) is 4. The van der Waals surface area contributed by atoms with Crippen LogP contribution >= 0.6 is 11.3 Å². The molecule has 1 amide bonds. The van der Waals surface area contributed by atoms with Gasteiger partial charge in [0.25, 0.3) is 5.91 Å². The molecular weight excluding hydrogens is 332 g/mol. The van der Waals surface area contributed by atoms with Crippen molar-refractivity contribution >= 4 is 28.3 Å². The third kappa shape index (κ3) is 3.06. The smallest absolute Gasteiger partial charge is 0.282 e. The van der Waals surface area contributed by atoms with Crippen LogP contribution in [0.2, 0.25) is 0 Å². The number of carbonyl (C=O) groups is 1. The summed E-state index contributed by atoms with van der Waals surface area (Å²) in [7, 11) is 3.49. The number of fused-ring (bicyclic) bond motifs is 1. The average Bonchev–Trinajstić information content (AvgIpc) is 3.27. The fourth-order valence-corrected chi connectivity index (χ4v) is 4.41. The number of carbonyl (C=O) groups excluding carboxylic acids is 1. The number of nitrogens with zero attached hydrogens (tertiary/aromatic N) is 3. The van der Waals surface area contributed by atoms with Crippen LogP contribution < -0.4 is 0 Å². The average molecular weight is 354 g/mol. The summed E-state index contributed by atoms with van der Waals surface area (Å²) < 4.78 is 0. The minimum atomic E-state index is -0.0582. The highest BCUT2D eigenvalue weighted by Gasteiger charge is 2.19. The van der Waals surface area contributed by atoms with Crippen molar-refractivity contribution < 1.29 is 4.79 Å². The SMILES string of the molecule is CN(C)C(=O)c1nc(-c2c[nH]c3ncc(C4CCCCC4)cc23)cs1. The zero-order valence-corrected chi connectivity index (χ0v) is 15.4. The van der Waals surface area contributed by atoms with Crippen molar-refractivity contribution in [3.8, 4) is 11.3 Å². The van der Waals surface area contributed by atoms with Gasteiger partial charge in [-0.2, -0.15) is 0 Å². The van der Waals surface area contributed by atoms with Gasteiger partial charge in [0, 0.05) is 42.8 Å². The summed E-state index contributed by atoms with van der Waals surface area (Å²) in [6.45, 7) is 0. The van der Waals surface area contributed by atoms with Crippen LogP contribution in [0.3, 0.4) is 0 Å². The van der Waals surface area contributed by atoms with Gasteiger partial charge in [-0.05, 0) is 30.4 Å². The molecule has 5 nitrogen and oxygen atoms in total. The monoisotopic (exact) mass is 354 g/mol. The van der Waals surface area contributed by atoms with E-state index in [1.165, 1.54) is 49.0 Å². The standard InChI is InChI=1S/C19H22N4OS/c1-23(2)19(24)18-22-16(11-25-18)15-10-21-17-14(15)8-13(9-20-17)12-6-4-3-5-7-12/h8-12H,3-7H2,1-2H3,(H,20,21). The van der Waals surface area contributed by atoms with Gasteiger partial charge in [0.05, 0.1) is 5.69 Å². The fraction of sp³-hybridized carbons (Fsp3) is 0.421. The first kappa shape index (κ1) is 16.3. The van der Waals surface area contributed by atoms with Crippen molar-refractivity contribution in [3.63, 3.8) is 0 Å². The van der Waals surface area contributed by atoms with Crippen LogP contribution in [-0.2, 0) is 0 Å². The van der Waals surface area contributed by atoms with E-state index >= 15 is 0 Å². The highest BCUT2D eigenvalue weighted by atomic mass is 32.1. The van der Waals surface area contributed by atoms with Crippen LogP contribution in [0.15, 0.2) is 23.8 Å². The summed E-state index contributed by atoms with van der Waals surface area (Å²) in [4.78, 5) is 26.1. The molecule has 0 spiro atoms. The highest BCUT2D eigenvalue weighted by Crippen LogP contribution is 2.35. The molecule has 3 heterocycles. The van der Waals surface area contributed by atoms with Crippen LogP contribution in [0.5, 0.6) is 0 Å². The molecule has 130 valence electrons. The fourth-order valence-electron chi connectivity index (χ4n) is 3.58. The third-order valence-corrected chi connectivity index (χ3v) is 5.83. The number of rotatable bonds is 3. The third-order valence-electron chi connectivity index (χ3n) is 5.00. The van der Waals surface area contributed by atoms with Crippen LogP contribution in [0, 0.1) is 0 Å². The molecule has 4 rings (SSSR count). The summed E-state index contributed by atoms with van der Waals surface area (Å²) in [6, 6.07) is 2.26. The van der Waals surface area contributed by atoms with Gasteiger partial charge in [0.2, 0.25) is 0 Å². The van der Waals surface area contributed by atoms with E-state index in [1.807, 2.05) is 17.8 Å². The van der Waals surface area contributed by atoms with Crippen LogP contribution in [-0.4, -0.2) is 39.9 Å². The Morgan fingerprint density at radius 1 is 1.28 bits per heavy atom. The minimum absolute atomic E-state index is 0.0582. The number of nitrogens with one attached hydrogen (secondary N) is 1. The van der Waals surface area contributed by atoms with E-state index in [-0.39, 0.29) is 5.91 Å². The molecule has 25 heavy (non-hydrogen) atoms. The summed E-state index contributed by atoms with van der Waals surface area (Å²) in [6.07, 6.45) is 10.4.